The van der Waals surface area contributed by atoms with Crippen molar-refractivity contribution in [3.05, 3.63) is 33.6 Å². The first-order valence-electron chi connectivity index (χ1n) is 3.74. The van der Waals surface area contributed by atoms with E-state index in [4.69, 9.17) is 23.2 Å². The Kier molecular flexibility index (Phi) is 3.28. The number of hydrogen-bond donors (Lipinski definition) is 0. The van der Waals surface area contributed by atoms with Crippen LogP contribution >= 0.6 is 23.2 Å². The van der Waals surface area contributed by atoms with Crippen LogP contribution in [-0.2, 0) is 0 Å². The highest BCUT2D eigenvalue weighted by atomic mass is 35.5. The van der Waals surface area contributed by atoms with Crippen molar-refractivity contribution in [3.8, 4) is 0 Å². The number of ketones is 1. The molecule has 0 N–H and O–H groups in total. The average Bonchev–Trinajstić information content (AvgIpc) is 2.02. The van der Waals surface area contributed by atoms with Crippen LogP contribution in [0.2, 0.25) is 10.0 Å². The molecule has 0 aromatic heterocycles. The highest BCUT2D eigenvalue weighted by Crippen LogP contribution is 2.27. The number of Topliss-reactive ketones (excluding diaryl/α,β-unsaturated/α-hetero) is 1. The Labute approximate surface area is 85.5 Å². The molecule has 1 aromatic rings. The maximum Gasteiger partial charge on any atom is 0.165 e. The Morgan fingerprint density at radius 1 is 1.38 bits per heavy atom. The summed E-state index contributed by atoms with van der Waals surface area (Å²) < 4.78 is 12.7. The summed E-state index contributed by atoms with van der Waals surface area (Å²) in [6.45, 7) is 1.69. The van der Waals surface area contributed by atoms with Crippen LogP contribution < -0.4 is 0 Å². The zero-order valence-corrected chi connectivity index (χ0v) is 8.42. The summed E-state index contributed by atoms with van der Waals surface area (Å²) in [7, 11) is 0. The van der Waals surface area contributed by atoms with E-state index in [1.54, 1.807) is 6.92 Å². The van der Waals surface area contributed by atoms with Gasteiger partial charge in [-0.1, -0.05) is 30.1 Å². The second-order valence-corrected chi connectivity index (χ2v) is 3.34. The minimum absolute atomic E-state index is 0.0665. The van der Waals surface area contributed by atoms with E-state index in [9.17, 15) is 9.18 Å². The maximum atomic E-state index is 12.7. The van der Waals surface area contributed by atoms with Crippen LogP contribution in [0.3, 0.4) is 0 Å². The van der Waals surface area contributed by atoms with Crippen molar-refractivity contribution in [2.24, 2.45) is 0 Å². The molecular formula is C9H7Cl2FO. The van der Waals surface area contributed by atoms with Crippen LogP contribution in [0.1, 0.15) is 23.7 Å². The van der Waals surface area contributed by atoms with Gasteiger partial charge in [0.1, 0.15) is 5.82 Å². The standard InChI is InChI=1S/C9H7Cl2FO/c1-2-8(13)9-6(10)3-5(12)4-7(9)11/h3-4H,2H2,1H3. The van der Waals surface area contributed by atoms with Gasteiger partial charge in [0.25, 0.3) is 0 Å². The first-order valence-corrected chi connectivity index (χ1v) is 4.49. The fourth-order valence-electron chi connectivity index (χ4n) is 0.985. The van der Waals surface area contributed by atoms with Gasteiger partial charge >= 0.3 is 0 Å². The quantitative estimate of drug-likeness (QED) is 0.695. The predicted octanol–water partition coefficient (Wildman–Crippen LogP) is 3.73. The topological polar surface area (TPSA) is 17.1 Å². The fourth-order valence-corrected chi connectivity index (χ4v) is 1.66. The van der Waals surface area contributed by atoms with Gasteiger partial charge < -0.3 is 0 Å². The maximum absolute atomic E-state index is 12.7. The molecule has 0 bridgehead atoms. The van der Waals surface area contributed by atoms with Crippen LogP contribution in [0.25, 0.3) is 0 Å². The molecular weight excluding hydrogens is 214 g/mol. The number of carbonyl (C=O) groups is 1. The van der Waals surface area contributed by atoms with Gasteiger partial charge in [-0.3, -0.25) is 4.79 Å². The van der Waals surface area contributed by atoms with E-state index < -0.39 is 5.82 Å². The lowest BCUT2D eigenvalue weighted by Crippen LogP contribution is -1.99. The first kappa shape index (κ1) is 10.5. The lowest BCUT2D eigenvalue weighted by molar-refractivity contribution is 0.0988. The monoisotopic (exact) mass is 220 g/mol. The summed E-state index contributed by atoms with van der Waals surface area (Å²) in [5.74, 6) is -0.724. The zero-order chi connectivity index (χ0) is 10.0. The normalized spacial score (nSPS) is 10.2. The van der Waals surface area contributed by atoms with Crippen molar-refractivity contribution >= 4 is 29.0 Å². The SMILES string of the molecule is CCC(=O)c1c(Cl)cc(F)cc1Cl. The third-order valence-electron chi connectivity index (χ3n) is 1.61. The molecule has 0 fully saturated rings. The second kappa shape index (κ2) is 4.07. The predicted molar refractivity (Wildman–Crippen MR) is 51.0 cm³/mol. The summed E-state index contributed by atoms with van der Waals surface area (Å²) in [6, 6.07) is 2.16. The summed E-state index contributed by atoms with van der Waals surface area (Å²) in [5, 5.41) is 0.133. The number of halogens is 3. The van der Waals surface area contributed by atoms with E-state index in [1.165, 1.54) is 0 Å². The molecule has 70 valence electrons. The van der Waals surface area contributed by atoms with Crippen molar-refractivity contribution in [2.45, 2.75) is 13.3 Å². The molecule has 0 aliphatic carbocycles. The van der Waals surface area contributed by atoms with E-state index >= 15 is 0 Å². The van der Waals surface area contributed by atoms with Crippen molar-refractivity contribution in [1.82, 2.24) is 0 Å². The summed E-state index contributed by atoms with van der Waals surface area (Å²) in [5.41, 5.74) is 0.201. The third kappa shape index (κ3) is 2.20. The third-order valence-corrected chi connectivity index (χ3v) is 2.20. The molecule has 0 spiro atoms. The number of benzene rings is 1. The van der Waals surface area contributed by atoms with Gasteiger partial charge in [-0.15, -0.1) is 0 Å². The van der Waals surface area contributed by atoms with Crippen molar-refractivity contribution in [1.29, 1.82) is 0 Å². The molecule has 1 aromatic carbocycles. The zero-order valence-electron chi connectivity index (χ0n) is 6.90. The fraction of sp³-hybridized carbons (Fsp3) is 0.222. The Morgan fingerprint density at radius 3 is 2.23 bits per heavy atom. The molecule has 4 heteroatoms. The minimum Gasteiger partial charge on any atom is -0.294 e. The molecule has 0 aliphatic rings. The highest BCUT2D eigenvalue weighted by Gasteiger charge is 2.14. The number of rotatable bonds is 2. The average molecular weight is 221 g/mol. The van der Waals surface area contributed by atoms with E-state index in [2.05, 4.69) is 0 Å². The smallest absolute Gasteiger partial charge is 0.165 e. The molecule has 13 heavy (non-hydrogen) atoms. The van der Waals surface area contributed by atoms with Crippen LogP contribution in [0.15, 0.2) is 12.1 Å². The largest absolute Gasteiger partial charge is 0.294 e. The molecule has 0 radical (unpaired) electrons. The molecule has 1 nitrogen and oxygen atoms in total. The summed E-state index contributed by atoms with van der Waals surface area (Å²) >= 11 is 11.3. The van der Waals surface area contributed by atoms with Crippen molar-refractivity contribution < 1.29 is 9.18 Å². The number of carbonyl (C=O) groups excluding carboxylic acids is 1. The van der Waals surface area contributed by atoms with Gasteiger partial charge in [0.2, 0.25) is 0 Å². The Balaban J connectivity index is 3.28. The molecule has 0 heterocycles. The summed E-state index contributed by atoms with van der Waals surface area (Å²) in [6.07, 6.45) is 0.297. The van der Waals surface area contributed by atoms with Gasteiger partial charge in [0.05, 0.1) is 15.6 Å². The minimum atomic E-state index is -0.539. The van der Waals surface area contributed by atoms with Crippen LogP contribution in [0.4, 0.5) is 4.39 Å². The van der Waals surface area contributed by atoms with Crippen LogP contribution in [-0.4, -0.2) is 5.78 Å². The lowest BCUT2D eigenvalue weighted by Gasteiger charge is -2.03. The molecule has 0 saturated carbocycles. The highest BCUT2D eigenvalue weighted by molar-refractivity contribution is 6.39. The number of hydrogen-bond acceptors (Lipinski definition) is 1. The van der Waals surface area contributed by atoms with Crippen molar-refractivity contribution in [3.63, 3.8) is 0 Å². The Morgan fingerprint density at radius 2 is 1.85 bits per heavy atom. The Bertz CT molecular complexity index is 326. The van der Waals surface area contributed by atoms with Gasteiger partial charge in [-0.05, 0) is 12.1 Å². The molecule has 1 rings (SSSR count). The molecule has 0 unspecified atom stereocenters. The van der Waals surface area contributed by atoms with E-state index in [1.807, 2.05) is 0 Å². The van der Waals surface area contributed by atoms with Gasteiger partial charge in [0, 0.05) is 6.42 Å². The molecule has 0 saturated heterocycles. The van der Waals surface area contributed by atoms with Crippen LogP contribution in [0.5, 0.6) is 0 Å². The molecule has 0 amide bonds. The van der Waals surface area contributed by atoms with Gasteiger partial charge in [-0.2, -0.15) is 0 Å². The first-order chi connectivity index (χ1) is 6.06. The van der Waals surface area contributed by atoms with Crippen molar-refractivity contribution in [2.75, 3.05) is 0 Å². The summed E-state index contributed by atoms with van der Waals surface area (Å²) in [4.78, 5) is 11.3. The second-order valence-electron chi connectivity index (χ2n) is 2.52. The van der Waals surface area contributed by atoms with E-state index in [0.717, 1.165) is 12.1 Å². The Hall–Kier alpha value is -0.600. The van der Waals surface area contributed by atoms with Crippen LogP contribution in [0, 0.1) is 5.82 Å². The molecule has 0 aliphatic heterocycles. The van der Waals surface area contributed by atoms with Gasteiger partial charge in [0.15, 0.2) is 5.78 Å². The lowest BCUT2D eigenvalue weighted by atomic mass is 10.1. The molecule has 0 atom stereocenters. The van der Waals surface area contributed by atoms with Gasteiger partial charge in [-0.25, -0.2) is 4.39 Å². The van der Waals surface area contributed by atoms with E-state index in [-0.39, 0.29) is 21.4 Å². The van der Waals surface area contributed by atoms with E-state index in [0.29, 0.717) is 6.42 Å².